The van der Waals surface area contributed by atoms with Crippen molar-refractivity contribution in [1.29, 1.82) is 0 Å². The molecule has 0 aliphatic carbocycles. The number of hydrogen-bond acceptors (Lipinski definition) is 3. The van der Waals surface area contributed by atoms with Crippen molar-refractivity contribution in [2.75, 3.05) is 0 Å². The highest BCUT2D eigenvalue weighted by molar-refractivity contribution is 6.58. The Morgan fingerprint density at radius 3 is 2.47 bits per heavy atom. The fourth-order valence-corrected chi connectivity index (χ4v) is 1.79. The Morgan fingerprint density at radius 1 is 1.21 bits per heavy atom. The lowest BCUT2D eigenvalue weighted by atomic mass is 9.78. The van der Waals surface area contributed by atoms with Crippen LogP contribution in [-0.4, -0.2) is 22.2 Å². The molecule has 0 fully saturated rings. The number of pyridine rings is 1. The summed E-state index contributed by atoms with van der Waals surface area (Å²) in [5.41, 5.74) is 0.961. The molecule has 6 heteroatoms. The van der Waals surface area contributed by atoms with E-state index in [2.05, 4.69) is 11.6 Å². The van der Waals surface area contributed by atoms with Gasteiger partial charge in [-0.1, -0.05) is 18.7 Å². The number of rotatable bonds is 3. The molecule has 1 aromatic carbocycles. The van der Waals surface area contributed by atoms with Crippen LogP contribution in [0.25, 0.3) is 17.2 Å². The van der Waals surface area contributed by atoms with Gasteiger partial charge in [-0.15, -0.1) is 0 Å². The molecular weight excluding hydrogens is 251 g/mol. The Bertz CT molecular complexity index is 615. The van der Waals surface area contributed by atoms with Crippen LogP contribution in [0.4, 0.5) is 8.78 Å². The molecule has 96 valence electrons. The fraction of sp³-hybridized carbons (Fsp3) is 0. The molecule has 19 heavy (non-hydrogen) atoms. The molecule has 2 N–H and O–H groups in total. The van der Waals surface area contributed by atoms with Crippen molar-refractivity contribution in [1.82, 2.24) is 4.98 Å². The summed E-state index contributed by atoms with van der Waals surface area (Å²) >= 11 is 0. The molecule has 0 saturated heterocycles. The predicted octanol–water partition coefficient (Wildman–Crippen LogP) is 1.35. The number of hydrogen-bond donors (Lipinski definition) is 2. The smallest absolute Gasteiger partial charge is 0.423 e. The summed E-state index contributed by atoms with van der Waals surface area (Å²) in [4.78, 5) is 3.46. The summed E-state index contributed by atoms with van der Waals surface area (Å²) in [7, 11) is -1.77. The zero-order chi connectivity index (χ0) is 14.0. The van der Waals surface area contributed by atoms with Gasteiger partial charge in [0.2, 0.25) is 5.95 Å². The van der Waals surface area contributed by atoms with Gasteiger partial charge in [-0.2, -0.15) is 4.39 Å². The second kappa shape index (κ2) is 5.30. The average molecular weight is 261 g/mol. The van der Waals surface area contributed by atoms with Crippen LogP contribution in [0.15, 0.2) is 37.0 Å². The first-order valence-electron chi connectivity index (χ1n) is 5.47. The first-order chi connectivity index (χ1) is 9.02. The van der Waals surface area contributed by atoms with Crippen molar-refractivity contribution in [3.8, 4) is 11.1 Å². The predicted molar refractivity (Wildman–Crippen MR) is 69.5 cm³/mol. The van der Waals surface area contributed by atoms with E-state index in [0.717, 1.165) is 12.1 Å². The maximum absolute atomic E-state index is 14.1. The SMILES string of the molecule is C=Cc1cc(B(O)O)cc(F)c1-c1ccc(F)nc1. The maximum Gasteiger partial charge on any atom is 0.488 e. The molecule has 0 spiro atoms. The van der Waals surface area contributed by atoms with Crippen LogP contribution in [0, 0.1) is 11.8 Å². The molecule has 3 nitrogen and oxygen atoms in total. The molecule has 0 radical (unpaired) electrons. The van der Waals surface area contributed by atoms with Crippen LogP contribution in [0.3, 0.4) is 0 Å². The highest BCUT2D eigenvalue weighted by Gasteiger charge is 2.17. The van der Waals surface area contributed by atoms with Gasteiger partial charge in [-0.3, -0.25) is 0 Å². The third-order valence-electron chi connectivity index (χ3n) is 2.68. The lowest BCUT2D eigenvalue weighted by Crippen LogP contribution is -2.30. The zero-order valence-electron chi connectivity index (χ0n) is 9.85. The van der Waals surface area contributed by atoms with Gasteiger partial charge in [0, 0.05) is 17.3 Å². The number of aromatic nitrogens is 1. The minimum Gasteiger partial charge on any atom is -0.423 e. The van der Waals surface area contributed by atoms with Gasteiger partial charge in [0.15, 0.2) is 0 Å². The summed E-state index contributed by atoms with van der Waals surface area (Å²) < 4.78 is 26.8. The van der Waals surface area contributed by atoms with E-state index in [1.807, 2.05) is 0 Å². The second-order valence-corrected chi connectivity index (χ2v) is 3.91. The van der Waals surface area contributed by atoms with E-state index < -0.39 is 18.9 Å². The highest BCUT2D eigenvalue weighted by Crippen LogP contribution is 2.26. The minimum absolute atomic E-state index is 0.0196. The molecular formula is C13H10BF2NO2. The van der Waals surface area contributed by atoms with E-state index in [1.165, 1.54) is 24.4 Å². The maximum atomic E-state index is 14.1. The normalized spacial score (nSPS) is 10.3. The number of benzene rings is 1. The van der Waals surface area contributed by atoms with E-state index in [1.54, 1.807) is 0 Å². The van der Waals surface area contributed by atoms with Crippen LogP contribution in [0.1, 0.15) is 5.56 Å². The van der Waals surface area contributed by atoms with Gasteiger partial charge in [-0.25, -0.2) is 9.37 Å². The van der Waals surface area contributed by atoms with Crippen molar-refractivity contribution in [2.45, 2.75) is 0 Å². The van der Waals surface area contributed by atoms with E-state index in [9.17, 15) is 8.78 Å². The van der Waals surface area contributed by atoms with Gasteiger partial charge in [-0.05, 0) is 29.2 Å². The quantitative estimate of drug-likeness (QED) is 0.647. The molecule has 1 heterocycles. The minimum atomic E-state index is -1.77. The van der Waals surface area contributed by atoms with Gasteiger partial charge in [0.05, 0.1) is 0 Å². The third-order valence-corrected chi connectivity index (χ3v) is 2.68. The van der Waals surface area contributed by atoms with Crippen LogP contribution in [-0.2, 0) is 0 Å². The summed E-state index contributed by atoms with van der Waals surface area (Å²) in [6.45, 7) is 3.55. The summed E-state index contributed by atoms with van der Waals surface area (Å²) in [6, 6.07) is 4.93. The first kappa shape index (κ1) is 13.4. The third kappa shape index (κ3) is 2.69. The Kier molecular flexibility index (Phi) is 3.73. The molecule has 0 aliphatic rings. The first-order valence-corrected chi connectivity index (χ1v) is 5.47. The van der Waals surface area contributed by atoms with Crippen molar-refractivity contribution in [2.24, 2.45) is 0 Å². The summed E-state index contributed by atoms with van der Waals surface area (Å²) in [5.74, 6) is -1.32. The molecule has 0 bridgehead atoms. The Morgan fingerprint density at radius 2 is 1.95 bits per heavy atom. The van der Waals surface area contributed by atoms with Gasteiger partial charge < -0.3 is 10.0 Å². The monoisotopic (exact) mass is 261 g/mol. The Balaban J connectivity index is 2.62. The molecule has 0 unspecified atom stereocenters. The number of nitrogens with zero attached hydrogens (tertiary/aromatic N) is 1. The van der Waals surface area contributed by atoms with E-state index in [4.69, 9.17) is 10.0 Å². The number of halogens is 2. The van der Waals surface area contributed by atoms with Crippen molar-refractivity contribution in [3.05, 3.63) is 54.4 Å². The second-order valence-electron chi connectivity index (χ2n) is 3.91. The van der Waals surface area contributed by atoms with Crippen LogP contribution in [0.2, 0.25) is 0 Å². The van der Waals surface area contributed by atoms with Crippen molar-refractivity contribution >= 4 is 18.7 Å². The standard InChI is InChI=1S/C13H10BF2NO2/c1-2-8-5-10(14(18)19)6-11(15)13(8)9-3-4-12(16)17-7-9/h2-7,18-19H,1H2. The average Bonchev–Trinajstić information content (AvgIpc) is 2.39. The van der Waals surface area contributed by atoms with Crippen LogP contribution < -0.4 is 5.46 Å². The van der Waals surface area contributed by atoms with E-state index >= 15 is 0 Å². The van der Waals surface area contributed by atoms with Gasteiger partial charge in [0.25, 0.3) is 0 Å². The fourth-order valence-electron chi connectivity index (χ4n) is 1.79. The topological polar surface area (TPSA) is 53.4 Å². The lowest BCUT2D eigenvalue weighted by molar-refractivity contribution is 0.425. The largest absolute Gasteiger partial charge is 0.488 e. The molecule has 2 aromatic rings. The zero-order valence-corrected chi connectivity index (χ0v) is 9.85. The molecule has 0 saturated carbocycles. The van der Waals surface area contributed by atoms with Crippen LogP contribution >= 0.6 is 0 Å². The van der Waals surface area contributed by atoms with E-state index in [-0.39, 0.29) is 11.0 Å². The molecule has 2 rings (SSSR count). The molecule has 0 amide bonds. The Labute approximate surface area is 109 Å². The molecule has 1 aromatic heterocycles. The van der Waals surface area contributed by atoms with Crippen molar-refractivity contribution in [3.63, 3.8) is 0 Å². The van der Waals surface area contributed by atoms with Crippen molar-refractivity contribution < 1.29 is 18.8 Å². The summed E-state index contributed by atoms with van der Waals surface area (Å²) in [5, 5.41) is 18.1. The highest BCUT2D eigenvalue weighted by atomic mass is 19.1. The van der Waals surface area contributed by atoms with Gasteiger partial charge >= 0.3 is 7.12 Å². The Hall–Kier alpha value is -2.05. The van der Waals surface area contributed by atoms with E-state index in [0.29, 0.717) is 11.1 Å². The lowest BCUT2D eigenvalue weighted by Gasteiger charge is -2.10. The molecule has 0 atom stereocenters. The summed E-state index contributed by atoms with van der Waals surface area (Å²) in [6.07, 6.45) is 2.59. The van der Waals surface area contributed by atoms with Crippen LogP contribution in [0.5, 0.6) is 0 Å². The van der Waals surface area contributed by atoms with Gasteiger partial charge in [0.1, 0.15) is 5.82 Å². The molecule has 0 aliphatic heterocycles.